The van der Waals surface area contributed by atoms with Gasteiger partial charge in [-0.05, 0) is 19.4 Å². The Morgan fingerprint density at radius 1 is 1.35 bits per heavy atom. The summed E-state index contributed by atoms with van der Waals surface area (Å²) >= 11 is 0. The minimum absolute atomic E-state index is 0.0338. The zero-order chi connectivity index (χ0) is 12.3. The van der Waals surface area contributed by atoms with E-state index in [0.29, 0.717) is 12.4 Å². The Bertz CT molecular complexity index is 486. The van der Waals surface area contributed by atoms with Crippen molar-refractivity contribution in [1.29, 1.82) is 0 Å². The largest absolute Gasteiger partial charge is 0.388 e. The van der Waals surface area contributed by atoms with Crippen molar-refractivity contribution in [3.63, 3.8) is 0 Å². The number of aryl methyl sites for hydroxylation is 2. The molecule has 0 aromatic carbocycles. The van der Waals surface area contributed by atoms with Gasteiger partial charge in [0, 0.05) is 18.9 Å². The van der Waals surface area contributed by atoms with Gasteiger partial charge in [0.2, 0.25) is 0 Å². The van der Waals surface area contributed by atoms with E-state index in [-0.39, 0.29) is 6.61 Å². The van der Waals surface area contributed by atoms with E-state index in [2.05, 4.69) is 30.0 Å². The van der Waals surface area contributed by atoms with Crippen molar-refractivity contribution in [3.8, 4) is 0 Å². The molecule has 92 valence electrons. The SMILES string of the molecule is CCc1cc(Cn2ccnc2CO)n(CC)n1. The van der Waals surface area contributed by atoms with Crippen molar-refractivity contribution in [1.82, 2.24) is 19.3 Å². The molecule has 0 fully saturated rings. The molecule has 5 nitrogen and oxygen atoms in total. The highest BCUT2D eigenvalue weighted by atomic mass is 16.3. The van der Waals surface area contributed by atoms with Gasteiger partial charge in [-0.2, -0.15) is 5.10 Å². The lowest BCUT2D eigenvalue weighted by Crippen LogP contribution is -2.09. The fourth-order valence-electron chi connectivity index (χ4n) is 1.90. The quantitative estimate of drug-likeness (QED) is 0.845. The molecule has 0 spiro atoms. The summed E-state index contributed by atoms with van der Waals surface area (Å²) in [6, 6.07) is 2.12. The van der Waals surface area contributed by atoms with Gasteiger partial charge in [-0.3, -0.25) is 4.68 Å². The number of imidazole rings is 1. The van der Waals surface area contributed by atoms with E-state index >= 15 is 0 Å². The number of rotatable bonds is 5. The van der Waals surface area contributed by atoms with Crippen LogP contribution in [-0.4, -0.2) is 24.4 Å². The Hall–Kier alpha value is -1.62. The van der Waals surface area contributed by atoms with Crippen LogP contribution in [0.3, 0.4) is 0 Å². The third kappa shape index (κ3) is 2.39. The summed E-state index contributed by atoms with van der Waals surface area (Å²) in [5, 5.41) is 13.7. The van der Waals surface area contributed by atoms with Crippen molar-refractivity contribution < 1.29 is 5.11 Å². The maximum absolute atomic E-state index is 9.16. The Morgan fingerprint density at radius 2 is 2.18 bits per heavy atom. The van der Waals surface area contributed by atoms with E-state index in [1.807, 2.05) is 15.4 Å². The molecule has 0 aliphatic heterocycles. The zero-order valence-corrected chi connectivity index (χ0v) is 10.3. The van der Waals surface area contributed by atoms with Gasteiger partial charge in [-0.1, -0.05) is 6.92 Å². The van der Waals surface area contributed by atoms with Gasteiger partial charge in [0.25, 0.3) is 0 Å². The van der Waals surface area contributed by atoms with Crippen LogP contribution in [0.4, 0.5) is 0 Å². The van der Waals surface area contributed by atoms with Crippen LogP contribution in [0.15, 0.2) is 18.5 Å². The third-order valence-corrected chi connectivity index (χ3v) is 2.85. The summed E-state index contributed by atoms with van der Waals surface area (Å²) < 4.78 is 3.95. The number of hydrogen-bond donors (Lipinski definition) is 1. The van der Waals surface area contributed by atoms with Gasteiger partial charge in [-0.15, -0.1) is 0 Å². The topological polar surface area (TPSA) is 55.9 Å². The molecular formula is C12H18N4O. The Morgan fingerprint density at radius 3 is 2.82 bits per heavy atom. The van der Waals surface area contributed by atoms with Crippen LogP contribution < -0.4 is 0 Å². The van der Waals surface area contributed by atoms with Crippen LogP contribution in [-0.2, 0) is 26.1 Å². The first kappa shape index (κ1) is 11.9. The maximum atomic E-state index is 9.16. The standard InChI is InChI=1S/C12H18N4O/c1-3-10-7-11(16(4-2)14-10)8-15-6-5-13-12(15)9-17/h5-7,17H,3-4,8-9H2,1-2H3. The molecule has 0 aliphatic rings. The van der Waals surface area contributed by atoms with Gasteiger partial charge in [0.1, 0.15) is 12.4 Å². The lowest BCUT2D eigenvalue weighted by Gasteiger charge is -2.07. The molecule has 0 unspecified atom stereocenters. The number of aromatic nitrogens is 4. The van der Waals surface area contributed by atoms with Crippen LogP contribution in [0.5, 0.6) is 0 Å². The molecule has 0 saturated carbocycles. The number of aliphatic hydroxyl groups is 1. The Labute approximate surface area is 101 Å². The van der Waals surface area contributed by atoms with E-state index in [9.17, 15) is 0 Å². The highest BCUT2D eigenvalue weighted by Gasteiger charge is 2.08. The molecule has 0 saturated heterocycles. The van der Waals surface area contributed by atoms with Crippen molar-refractivity contribution in [2.75, 3.05) is 0 Å². The number of nitrogens with zero attached hydrogens (tertiary/aromatic N) is 4. The van der Waals surface area contributed by atoms with E-state index in [1.165, 1.54) is 0 Å². The van der Waals surface area contributed by atoms with Crippen molar-refractivity contribution in [2.45, 2.75) is 40.0 Å². The van der Waals surface area contributed by atoms with Gasteiger partial charge in [0.15, 0.2) is 0 Å². The minimum Gasteiger partial charge on any atom is -0.388 e. The van der Waals surface area contributed by atoms with E-state index < -0.39 is 0 Å². The predicted octanol–water partition coefficient (Wildman–Crippen LogP) is 1.20. The monoisotopic (exact) mass is 234 g/mol. The molecule has 2 rings (SSSR count). The molecule has 0 bridgehead atoms. The summed E-state index contributed by atoms with van der Waals surface area (Å²) in [6.45, 7) is 5.71. The van der Waals surface area contributed by atoms with Crippen LogP contribution in [0, 0.1) is 0 Å². The molecule has 0 atom stereocenters. The highest BCUT2D eigenvalue weighted by molar-refractivity contribution is 5.12. The van der Waals surface area contributed by atoms with Crippen LogP contribution in [0.25, 0.3) is 0 Å². The van der Waals surface area contributed by atoms with Crippen LogP contribution >= 0.6 is 0 Å². The van der Waals surface area contributed by atoms with Gasteiger partial charge >= 0.3 is 0 Å². The fourth-order valence-corrected chi connectivity index (χ4v) is 1.90. The molecular weight excluding hydrogens is 216 g/mol. The summed E-state index contributed by atoms with van der Waals surface area (Å²) in [5.41, 5.74) is 2.25. The van der Waals surface area contributed by atoms with E-state index in [0.717, 1.165) is 24.4 Å². The molecule has 0 aliphatic carbocycles. The van der Waals surface area contributed by atoms with Crippen molar-refractivity contribution in [2.24, 2.45) is 0 Å². The van der Waals surface area contributed by atoms with Gasteiger partial charge in [0.05, 0.1) is 17.9 Å². The molecule has 0 amide bonds. The van der Waals surface area contributed by atoms with Crippen molar-refractivity contribution in [3.05, 3.63) is 35.7 Å². The fraction of sp³-hybridized carbons (Fsp3) is 0.500. The Balaban J connectivity index is 2.25. The maximum Gasteiger partial charge on any atom is 0.134 e. The zero-order valence-electron chi connectivity index (χ0n) is 10.3. The molecule has 0 radical (unpaired) electrons. The third-order valence-electron chi connectivity index (χ3n) is 2.85. The van der Waals surface area contributed by atoms with Crippen LogP contribution in [0.2, 0.25) is 0 Å². The first-order valence-corrected chi connectivity index (χ1v) is 5.95. The number of aliphatic hydroxyl groups excluding tert-OH is 1. The second-order valence-electron chi connectivity index (χ2n) is 3.93. The Kier molecular flexibility index (Phi) is 3.58. The highest BCUT2D eigenvalue weighted by Crippen LogP contribution is 2.09. The average molecular weight is 234 g/mol. The normalized spacial score (nSPS) is 11.0. The molecule has 2 heterocycles. The van der Waals surface area contributed by atoms with Crippen molar-refractivity contribution >= 4 is 0 Å². The smallest absolute Gasteiger partial charge is 0.134 e. The second kappa shape index (κ2) is 5.14. The van der Waals surface area contributed by atoms with E-state index in [4.69, 9.17) is 5.11 Å². The average Bonchev–Trinajstić information content (AvgIpc) is 2.95. The summed E-state index contributed by atoms with van der Waals surface area (Å²) in [7, 11) is 0. The summed E-state index contributed by atoms with van der Waals surface area (Å²) in [5.74, 6) is 0.687. The molecule has 2 aromatic heterocycles. The first-order valence-electron chi connectivity index (χ1n) is 5.95. The lowest BCUT2D eigenvalue weighted by atomic mass is 10.3. The summed E-state index contributed by atoms with van der Waals surface area (Å²) in [6.07, 6.45) is 4.53. The van der Waals surface area contributed by atoms with Crippen LogP contribution in [0.1, 0.15) is 31.1 Å². The van der Waals surface area contributed by atoms with Gasteiger partial charge in [-0.25, -0.2) is 4.98 Å². The first-order chi connectivity index (χ1) is 8.28. The molecule has 5 heteroatoms. The predicted molar refractivity (Wildman–Crippen MR) is 64.5 cm³/mol. The molecule has 2 aromatic rings. The second-order valence-corrected chi connectivity index (χ2v) is 3.93. The molecule has 17 heavy (non-hydrogen) atoms. The van der Waals surface area contributed by atoms with E-state index in [1.54, 1.807) is 6.20 Å². The minimum atomic E-state index is -0.0338. The summed E-state index contributed by atoms with van der Waals surface area (Å²) in [4.78, 5) is 4.10. The number of hydrogen-bond acceptors (Lipinski definition) is 3. The van der Waals surface area contributed by atoms with Gasteiger partial charge < -0.3 is 9.67 Å². The molecule has 1 N–H and O–H groups in total. The lowest BCUT2D eigenvalue weighted by molar-refractivity contribution is 0.266.